The van der Waals surface area contributed by atoms with Crippen molar-refractivity contribution in [2.45, 2.75) is 6.92 Å². The highest BCUT2D eigenvalue weighted by molar-refractivity contribution is 5.97. The molecule has 2 N–H and O–H groups in total. The second-order valence-corrected chi connectivity index (χ2v) is 4.23. The number of carbonyl (C=O) groups excluding carboxylic acids is 2. The number of carbonyl (C=O) groups is 2. The van der Waals surface area contributed by atoms with Crippen LogP contribution in [-0.2, 0) is 4.79 Å². The smallest absolute Gasteiger partial charge is 0.252 e. The Kier molecular flexibility index (Phi) is 3.45. The summed E-state index contributed by atoms with van der Waals surface area (Å²) in [6.07, 6.45) is 1.64. The van der Waals surface area contributed by atoms with E-state index in [0.717, 1.165) is 0 Å². The van der Waals surface area contributed by atoms with Gasteiger partial charge in [0, 0.05) is 39.3 Å². The maximum atomic E-state index is 11.3. The summed E-state index contributed by atoms with van der Waals surface area (Å²) in [7, 11) is 0. The van der Waals surface area contributed by atoms with E-state index in [1.807, 2.05) is 4.90 Å². The SMILES string of the molecule is CC(=O)N1CCN(c2ncccc2C(N)=O)CC1. The molecule has 1 aromatic rings. The number of amides is 2. The van der Waals surface area contributed by atoms with Crippen molar-refractivity contribution in [1.82, 2.24) is 9.88 Å². The van der Waals surface area contributed by atoms with Gasteiger partial charge >= 0.3 is 0 Å². The molecule has 0 unspecified atom stereocenters. The van der Waals surface area contributed by atoms with Crippen LogP contribution in [0.15, 0.2) is 18.3 Å². The molecule has 2 amide bonds. The van der Waals surface area contributed by atoms with E-state index in [9.17, 15) is 9.59 Å². The molecule has 0 bridgehead atoms. The van der Waals surface area contributed by atoms with Gasteiger partial charge in [0.15, 0.2) is 0 Å². The lowest BCUT2D eigenvalue weighted by Gasteiger charge is -2.35. The second-order valence-electron chi connectivity index (χ2n) is 4.23. The van der Waals surface area contributed by atoms with E-state index in [1.54, 1.807) is 30.2 Å². The fourth-order valence-corrected chi connectivity index (χ4v) is 2.07. The number of hydrogen-bond acceptors (Lipinski definition) is 4. The van der Waals surface area contributed by atoms with Crippen LogP contribution in [-0.4, -0.2) is 47.9 Å². The lowest BCUT2D eigenvalue weighted by Crippen LogP contribution is -2.48. The van der Waals surface area contributed by atoms with Crippen LogP contribution in [0.3, 0.4) is 0 Å². The summed E-state index contributed by atoms with van der Waals surface area (Å²) in [6.45, 7) is 4.17. The van der Waals surface area contributed by atoms with Crippen molar-refractivity contribution in [3.8, 4) is 0 Å². The van der Waals surface area contributed by atoms with Crippen LogP contribution in [0.1, 0.15) is 17.3 Å². The first-order valence-electron chi connectivity index (χ1n) is 5.85. The quantitative estimate of drug-likeness (QED) is 0.789. The van der Waals surface area contributed by atoms with Gasteiger partial charge in [-0.2, -0.15) is 0 Å². The van der Waals surface area contributed by atoms with Crippen LogP contribution < -0.4 is 10.6 Å². The minimum absolute atomic E-state index is 0.0748. The van der Waals surface area contributed by atoms with Crippen molar-refractivity contribution in [2.24, 2.45) is 5.73 Å². The summed E-state index contributed by atoms with van der Waals surface area (Å²) in [5, 5.41) is 0. The van der Waals surface area contributed by atoms with Gasteiger partial charge in [-0.25, -0.2) is 4.98 Å². The van der Waals surface area contributed by atoms with Crippen molar-refractivity contribution in [1.29, 1.82) is 0 Å². The highest BCUT2D eigenvalue weighted by Gasteiger charge is 2.22. The Bertz CT molecular complexity index is 467. The van der Waals surface area contributed by atoms with Gasteiger partial charge < -0.3 is 15.5 Å². The molecule has 1 fully saturated rings. The first-order chi connectivity index (χ1) is 8.59. The maximum Gasteiger partial charge on any atom is 0.252 e. The largest absolute Gasteiger partial charge is 0.365 e. The monoisotopic (exact) mass is 248 g/mol. The summed E-state index contributed by atoms with van der Waals surface area (Å²) in [5.41, 5.74) is 5.75. The highest BCUT2D eigenvalue weighted by atomic mass is 16.2. The third kappa shape index (κ3) is 2.42. The van der Waals surface area contributed by atoms with Crippen molar-refractivity contribution < 1.29 is 9.59 Å². The molecule has 6 nitrogen and oxygen atoms in total. The fraction of sp³-hybridized carbons (Fsp3) is 0.417. The predicted molar refractivity (Wildman–Crippen MR) is 67.2 cm³/mol. The molecule has 0 radical (unpaired) electrons. The van der Waals surface area contributed by atoms with E-state index in [2.05, 4.69) is 4.98 Å². The van der Waals surface area contributed by atoms with E-state index in [0.29, 0.717) is 37.6 Å². The Hall–Kier alpha value is -2.11. The maximum absolute atomic E-state index is 11.3. The molecule has 1 saturated heterocycles. The standard InChI is InChI=1S/C12H16N4O2/c1-9(17)15-5-7-16(8-6-15)12-10(11(13)18)3-2-4-14-12/h2-4H,5-8H2,1H3,(H2,13,18). The van der Waals surface area contributed by atoms with Gasteiger partial charge in [-0.15, -0.1) is 0 Å². The number of primary amides is 1. The molecule has 2 rings (SSSR count). The van der Waals surface area contributed by atoms with Crippen LogP contribution in [0.25, 0.3) is 0 Å². The van der Waals surface area contributed by atoms with Gasteiger partial charge in [0.25, 0.3) is 5.91 Å². The summed E-state index contributed by atoms with van der Waals surface area (Å²) in [5.74, 6) is 0.200. The molecule has 0 aromatic carbocycles. The third-order valence-electron chi connectivity index (χ3n) is 3.08. The molecule has 0 spiro atoms. The highest BCUT2D eigenvalue weighted by Crippen LogP contribution is 2.18. The van der Waals surface area contributed by atoms with Crippen molar-refractivity contribution >= 4 is 17.6 Å². The van der Waals surface area contributed by atoms with Gasteiger partial charge in [0.05, 0.1) is 5.56 Å². The third-order valence-corrected chi connectivity index (χ3v) is 3.08. The zero-order chi connectivity index (χ0) is 13.1. The van der Waals surface area contributed by atoms with Gasteiger partial charge in [-0.3, -0.25) is 9.59 Å². The van der Waals surface area contributed by atoms with Crippen LogP contribution in [0, 0.1) is 0 Å². The summed E-state index contributed by atoms with van der Waals surface area (Å²) in [4.78, 5) is 30.5. The number of rotatable bonds is 2. The topological polar surface area (TPSA) is 79.5 Å². The zero-order valence-corrected chi connectivity index (χ0v) is 10.3. The molecule has 1 aliphatic heterocycles. The minimum atomic E-state index is -0.480. The van der Waals surface area contributed by atoms with E-state index in [4.69, 9.17) is 5.73 Å². The molecule has 2 heterocycles. The first-order valence-corrected chi connectivity index (χ1v) is 5.85. The van der Waals surface area contributed by atoms with E-state index in [1.165, 1.54) is 0 Å². The Morgan fingerprint density at radius 3 is 2.50 bits per heavy atom. The van der Waals surface area contributed by atoms with E-state index >= 15 is 0 Å². The molecule has 1 aromatic heterocycles. The summed E-state index contributed by atoms with van der Waals surface area (Å²) >= 11 is 0. The average molecular weight is 248 g/mol. The Morgan fingerprint density at radius 1 is 1.28 bits per heavy atom. The molecule has 96 valence electrons. The number of nitrogens with zero attached hydrogens (tertiary/aromatic N) is 3. The Labute approximate surface area is 105 Å². The van der Waals surface area contributed by atoms with Crippen LogP contribution in [0.4, 0.5) is 5.82 Å². The van der Waals surface area contributed by atoms with Gasteiger partial charge in [0.2, 0.25) is 5.91 Å². The van der Waals surface area contributed by atoms with Crippen LogP contribution in [0.2, 0.25) is 0 Å². The van der Waals surface area contributed by atoms with E-state index in [-0.39, 0.29) is 5.91 Å². The van der Waals surface area contributed by atoms with Crippen molar-refractivity contribution in [2.75, 3.05) is 31.1 Å². The predicted octanol–water partition coefficient (Wildman–Crippen LogP) is -0.151. The number of anilines is 1. The number of pyridine rings is 1. The van der Waals surface area contributed by atoms with Crippen LogP contribution >= 0.6 is 0 Å². The number of nitrogens with two attached hydrogens (primary N) is 1. The molecular formula is C12H16N4O2. The average Bonchev–Trinajstić information content (AvgIpc) is 2.39. The molecule has 0 saturated carbocycles. The fourth-order valence-electron chi connectivity index (χ4n) is 2.07. The summed E-state index contributed by atoms with van der Waals surface area (Å²) < 4.78 is 0. The first kappa shape index (κ1) is 12.3. The molecule has 18 heavy (non-hydrogen) atoms. The second kappa shape index (κ2) is 5.03. The summed E-state index contributed by atoms with van der Waals surface area (Å²) in [6, 6.07) is 3.36. The van der Waals surface area contributed by atoms with Gasteiger partial charge in [-0.05, 0) is 12.1 Å². The number of aromatic nitrogens is 1. The van der Waals surface area contributed by atoms with E-state index < -0.39 is 5.91 Å². The molecule has 6 heteroatoms. The number of hydrogen-bond donors (Lipinski definition) is 1. The van der Waals surface area contributed by atoms with Crippen LogP contribution in [0.5, 0.6) is 0 Å². The Morgan fingerprint density at radius 2 is 1.94 bits per heavy atom. The lowest BCUT2D eigenvalue weighted by molar-refractivity contribution is -0.129. The molecule has 0 aliphatic carbocycles. The zero-order valence-electron chi connectivity index (χ0n) is 10.3. The molecular weight excluding hydrogens is 232 g/mol. The molecule has 1 aliphatic rings. The molecule has 0 atom stereocenters. The Balaban J connectivity index is 2.15. The lowest BCUT2D eigenvalue weighted by atomic mass is 10.2. The van der Waals surface area contributed by atoms with Gasteiger partial charge in [0.1, 0.15) is 5.82 Å². The minimum Gasteiger partial charge on any atom is -0.365 e. The normalized spacial score (nSPS) is 15.6. The number of piperazine rings is 1. The van der Waals surface area contributed by atoms with Crippen molar-refractivity contribution in [3.05, 3.63) is 23.9 Å². The van der Waals surface area contributed by atoms with Crippen molar-refractivity contribution in [3.63, 3.8) is 0 Å². The van der Waals surface area contributed by atoms with Gasteiger partial charge in [-0.1, -0.05) is 0 Å².